The number of aryl methyl sites for hydroxylation is 2. The van der Waals surface area contributed by atoms with E-state index < -0.39 is 0 Å². The second-order valence-electron chi connectivity index (χ2n) is 6.92. The first-order chi connectivity index (χ1) is 13.6. The number of anilines is 2. The quantitative estimate of drug-likeness (QED) is 0.759. The Bertz CT molecular complexity index is 945. The lowest BCUT2D eigenvalue weighted by molar-refractivity contribution is 0.208. The van der Waals surface area contributed by atoms with Crippen LogP contribution in [0.15, 0.2) is 48.8 Å². The van der Waals surface area contributed by atoms with Crippen LogP contribution in [0, 0.1) is 13.8 Å². The zero-order chi connectivity index (χ0) is 19.5. The molecule has 1 aliphatic heterocycles. The van der Waals surface area contributed by atoms with Crippen molar-refractivity contribution in [3.05, 3.63) is 59.9 Å². The van der Waals surface area contributed by atoms with Gasteiger partial charge in [-0.3, -0.25) is 0 Å². The summed E-state index contributed by atoms with van der Waals surface area (Å²) in [5.74, 6) is 1.49. The molecule has 0 spiro atoms. The first-order valence-corrected chi connectivity index (χ1v) is 9.32. The molecule has 144 valence electrons. The second-order valence-corrected chi connectivity index (χ2v) is 6.92. The van der Waals surface area contributed by atoms with Crippen LogP contribution in [0.2, 0.25) is 0 Å². The lowest BCUT2D eigenvalue weighted by Gasteiger charge is -2.35. The number of urea groups is 1. The SMILES string of the molecule is Cc1ccc(NC(=O)N2CCN(c3ccc(-n4cccn4)nn3)CC2)c(C)c1. The van der Waals surface area contributed by atoms with Crippen LogP contribution in [-0.4, -0.2) is 57.1 Å². The van der Waals surface area contributed by atoms with Gasteiger partial charge in [0.15, 0.2) is 11.6 Å². The van der Waals surface area contributed by atoms with Gasteiger partial charge in [0.2, 0.25) is 0 Å². The molecule has 0 radical (unpaired) electrons. The van der Waals surface area contributed by atoms with Crippen LogP contribution >= 0.6 is 0 Å². The van der Waals surface area contributed by atoms with Gasteiger partial charge in [-0.15, -0.1) is 10.2 Å². The molecule has 8 heteroatoms. The molecule has 2 amide bonds. The summed E-state index contributed by atoms with van der Waals surface area (Å²) in [5.41, 5.74) is 3.11. The van der Waals surface area contributed by atoms with Crippen LogP contribution in [0.25, 0.3) is 5.82 Å². The minimum Gasteiger partial charge on any atom is -0.352 e. The van der Waals surface area contributed by atoms with Gasteiger partial charge in [0.1, 0.15) is 0 Å². The smallest absolute Gasteiger partial charge is 0.321 e. The van der Waals surface area contributed by atoms with E-state index in [2.05, 4.69) is 31.6 Å². The van der Waals surface area contributed by atoms with Gasteiger partial charge in [0.25, 0.3) is 0 Å². The molecule has 3 heterocycles. The van der Waals surface area contributed by atoms with Crippen molar-refractivity contribution in [1.29, 1.82) is 0 Å². The summed E-state index contributed by atoms with van der Waals surface area (Å²) in [7, 11) is 0. The first kappa shape index (κ1) is 18.0. The Morgan fingerprint density at radius 1 is 1.00 bits per heavy atom. The van der Waals surface area contributed by atoms with Crippen LogP contribution in [0.1, 0.15) is 11.1 Å². The average molecular weight is 377 g/mol. The topological polar surface area (TPSA) is 79.2 Å². The molecule has 1 fully saturated rings. The molecule has 1 N–H and O–H groups in total. The average Bonchev–Trinajstić information content (AvgIpc) is 3.25. The third-order valence-electron chi connectivity index (χ3n) is 4.89. The fourth-order valence-electron chi connectivity index (χ4n) is 3.30. The van der Waals surface area contributed by atoms with Crippen molar-refractivity contribution in [2.24, 2.45) is 0 Å². The van der Waals surface area contributed by atoms with Crippen LogP contribution in [0.4, 0.5) is 16.3 Å². The Labute approximate surface area is 163 Å². The van der Waals surface area contributed by atoms with Crippen LogP contribution in [-0.2, 0) is 0 Å². The number of piperazine rings is 1. The van der Waals surface area contributed by atoms with Gasteiger partial charge in [-0.05, 0) is 43.7 Å². The van der Waals surface area contributed by atoms with Crippen molar-refractivity contribution >= 4 is 17.5 Å². The van der Waals surface area contributed by atoms with Gasteiger partial charge in [0, 0.05) is 44.3 Å². The predicted octanol–water partition coefficient (Wildman–Crippen LogP) is 2.63. The van der Waals surface area contributed by atoms with Crippen molar-refractivity contribution in [2.75, 3.05) is 36.4 Å². The van der Waals surface area contributed by atoms with Gasteiger partial charge >= 0.3 is 6.03 Å². The standard InChI is InChI=1S/C20H23N7O/c1-15-4-5-17(16(2)14-15)22-20(28)26-12-10-25(11-13-26)18-6-7-19(24-23-18)27-9-3-8-21-27/h3-9,14H,10-13H2,1-2H3,(H,22,28). The molecule has 0 aliphatic carbocycles. The summed E-state index contributed by atoms with van der Waals surface area (Å²) in [6, 6.07) is 11.6. The normalized spacial score (nSPS) is 14.2. The summed E-state index contributed by atoms with van der Waals surface area (Å²) in [5, 5.41) is 15.7. The Balaban J connectivity index is 1.34. The van der Waals surface area contributed by atoms with E-state index in [4.69, 9.17) is 0 Å². The third-order valence-corrected chi connectivity index (χ3v) is 4.89. The Kier molecular flexibility index (Phi) is 4.92. The third kappa shape index (κ3) is 3.80. The van der Waals surface area contributed by atoms with Crippen molar-refractivity contribution in [1.82, 2.24) is 24.9 Å². The van der Waals surface area contributed by atoms with Gasteiger partial charge in [-0.1, -0.05) is 17.7 Å². The van der Waals surface area contributed by atoms with E-state index in [-0.39, 0.29) is 6.03 Å². The molecular formula is C20H23N7O. The highest BCUT2D eigenvalue weighted by atomic mass is 16.2. The number of rotatable bonds is 3. The lowest BCUT2D eigenvalue weighted by atomic mass is 10.1. The monoisotopic (exact) mass is 377 g/mol. The Morgan fingerprint density at radius 3 is 2.39 bits per heavy atom. The molecular weight excluding hydrogens is 354 g/mol. The maximum absolute atomic E-state index is 12.6. The number of carbonyl (C=O) groups excluding carboxylic acids is 1. The summed E-state index contributed by atoms with van der Waals surface area (Å²) in [6.45, 7) is 6.76. The molecule has 0 unspecified atom stereocenters. The van der Waals surface area contributed by atoms with Crippen molar-refractivity contribution in [3.8, 4) is 5.82 Å². The summed E-state index contributed by atoms with van der Waals surface area (Å²) < 4.78 is 1.67. The van der Waals surface area contributed by atoms with Crippen molar-refractivity contribution in [3.63, 3.8) is 0 Å². The van der Waals surface area contributed by atoms with E-state index in [1.807, 2.05) is 55.3 Å². The molecule has 3 aromatic rings. The zero-order valence-corrected chi connectivity index (χ0v) is 16.0. The Morgan fingerprint density at radius 2 is 1.75 bits per heavy atom. The van der Waals surface area contributed by atoms with Gasteiger partial charge in [-0.2, -0.15) is 5.10 Å². The highest BCUT2D eigenvalue weighted by Crippen LogP contribution is 2.18. The summed E-state index contributed by atoms with van der Waals surface area (Å²) in [6.07, 6.45) is 3.54. The fraction of sp³-hybridized carbons (Fsp3) is 0.300. The highest BCUT2D eigenvalue weighted by molar-refractivity contribution is 5.90. The van der Waals surface area contributed by atoms with E-state index in [9.17, 15) is 4.79 Å². The van der Waals surface area contributed by atoms with E-state index in [1.54, 1.807) is 10.9 Å². The van der Waals surface area contributed by atoms with E-state index >= 15 is 0 Å². The van der Waals surface area contributed by atoms with Crippen LogP contribution in [0.5, 0.6) is 0 Å². The van der Waals surface area contributed by atoms with Gasteiger partial charge < -0.3 is 15.1 Å². The molecule has 4 rings (SSSR count). The molecule has 1 aromatic carbocycles. The lowest BCUT2D eigenvalue weighted by Crippen LogP contribution is -2.50. The maximum Gasteiger partial charge on any atom is 0.321 e. The number of carbonyl (C=O) groups is 1. The molecule has 0 atom stereocenters. The van der Waals surface area contributed by atoms with Crippen molar-refractivity contribution < 1.29 is 4.79 Å². The number of benzene rings is 1. The van der Waals surface area contributed by atoms with Crippen LogP contribution < -0.4 is 10.2 Å². The summed E-state index contributed by atoms with van der Waals surface area (Å²) in [4.78, 5) is 16.6. The fourth-order valence-corrected chi connectivity index (χ4v) is 3.30. The largest absolute Gasteiger partial charge is 0.352 e. The number of hydrogen-bond donors (Lipinski definition) is 1. The molecule has 2 aromatic heterocycles. The predicted molar refractivity (Wildman–Crippen MR) is 108 cm³/mol. The van der Waals surface area contributed by atoms with Crippen molar-refractivity contribution in [2.45, 2.75) is 13.8 Å². The zero-order valence-electron chi connectivity index (χ0n) is 16.0. The van der Waals surface area contributed by atoms with E-state index in [0.717, 1.165) is 30.2 Å². The van der Waals surface area contributed by atoms with E-state index in [1.165, 1.54) is 5.56 Å². The van der Waals surface area contributed by atoms with Gasteiger partial charge in [-0.25, -0.2) is 9.48 Å². The van der Waals surface area contributed by atoms with Gasteiger partial charge in [0.05, 0.1) is 0 Å². The molecule has 1 saturated heterocycles. The molecule has 8 nitrogen and oxygen atoms in total. The number of nitrogens with one attached hydrogen (secondary N) is 1. The summed E-state index contributed by atoms with van der Waals surface area (Å²) >= 11 is 0. The van der Waals surface area contributed by atoms with Crippen LogP contribution in [0.3, 0.4) is 0 Å². The molecule has 1 aliphatic rings. The Hall–Kier alpha value is -3.42. The first-order valence-electron chi connectivity index (χ1n) is 9.32. The van der Waals surface area contributed by atoms with E-state index in [0.29, 0.717) is 18.9 Å². The second kappa shape index (κ2) is 7.67. The maximum atomic E-state index is 12.6. The minimum absolute atomic E-state index is 0.0632. The number of hydrogen-bond acceptors (Lipinski definition) is 5. The molecule has 0 saturated carbocycles. The molecule has 0 bridgehead atoms. The number of amides is 2. The highest BCUT2D eigenvalue weighted by Gasteiger charge is 2.22. The number of nitrogens with zero attached hydrogens (tertiary/aromatic N) is 6. The molecule has 28 heavy (non-hydrogen) atoms. The minimum atomic E-state index is -0.0632. The number of aromatic nitrogens is 4.